The van der Waals surface area contributed by atoms with Gasteiger partial charge < -0.3 is 10.6 Å². The van der Waals surface area contributed by atoms with Crippen molar-refractivity contribution in [3.63, 3.8) is 0 Å². The number of benzene rings is 2. The fourth-order valence-corrected chi connectivity index (χ4v) is 2.57. The lowest BCUT2D eigenvalue weighted by atomic mass is 9.84. The number of hydrogen-bond acceptors (Lipinski definition) is 3. The Bertz CT molecular complexity index is 551. The van der Waals surface area contributed by atoms with Crippen molar-refractivity contribution in [2.24, 2.45) is 4.99 Å². The van der Waals surface area contributed by atoms with Crippen LogP contribution in [0.3, 0.4) is 0 Å². The zero-order chi connectivity index (χ0) is 13.8. The Morgan fingerprint density at radius 3 is 1.95 bits per heavy atom. The molecule has 2 aromatic carbocycles. The smallest absolute Gasteiger partial charge is 0.192 e. The molecule has 0 aliphatic carbocycles. The van der Waals surface area contributed by atoms with E-state index in [4.69, 9.17) is 0 Å². The number of rotatable bonds is 3. The Morgan fingerprint density at radius 1 is 0.950 bits per heavy atom. The summed E-state index contributed by atoms with van der Waals surface area (Å²) in [6.07, 6.45) is 0. The molecule has 1 aliphatic rings. The molecule has 0 spiro atoms. The highest BCUT2D eigenvalue weighted by Gasteiger charge is 2.30. The molecule has 2 aromatic rings. The minimum Gasteiger partial charge on any atom is -0.355 e. The van der Waals surface area contributed by atoms with Gasteiger partial charge in [0.2, 0.25) is 0 Å². The van der Waals surface area contributed by atoms with E-state index in [1.54, 1.807) is 0 Å². The van der Waals surface area contributed by atoms with Crippen LogP contribution in [0, 0.1) is 0 Å². The Hall–Kier alpha value is -2.29. The van der Waals surface area contributed by atoms with Gasteiger partial charge in [0.1, 0.15) is 0 Å². The Labute approximate surface area is 119 Å². The van der Waals surface area contributed by atoms with Crippen LogP contribution in [-0.4, -0.2) is 19.0 Å². The number of guanidine groups is 1. The molecule has 20 heavy (non-hydrogen) atoms. The Kier molecular flexibility index (Phi) is 3.42. The van der Waals surface area contributed by atoms with E-state index in [9.17, 15) is 0 Å². The maximum Gasteiger partial charge on any atom is 0.192 e. The van der Waals surface area contributed by atoms with Crippen molar-refractivity contribution in [2.45, 2.75) is 12.5 Å². The molecule has 0 atom stereocenters. The van der Waals surface area contributed by atoms with Crippen LogP contribution < -0.4 is 10.6 Å². The summed E-state index contributed by atoms with van der Waals surface area (Å²) in [6, 6.07) is 21.0. The van der Waals surface area contributed by atoms with Gasteiger partial charge in [-0.3, -0.25) is 4.99 Å². The van der Waals surface area contributed by atoms with E-state index in [1.165, 1.54) is 11.1 Å². The summed E-state index contributed by atoms with van der Waals surface area (Å²) in [5.74, 6) is 0.875. The predicted octanol–water partition coefficient (Wildman–Crippen LogP) is 2.50. The first-order valence-corrected chi connectivity index (χ1v) is 6.96. The summed E-state index contributed by atoms with van der Waals surface area (Å²) in [7, 11) is 0. The van der Waals surface area contributed by atoms with Crippen molar-refractivity contribution < 1.29 is 0 Å². The molecule has 102 valence electrons. The summed E-state index contributed by atoms with van der Waals surface area (Å²) in [5, 5.41) is 6.85. The number of nitrogens with zero attached hydrogens (tertiary/aromatic N) is 1. The van der Waals surface area contributed by atoms with Crippen LogP contribution in [0.4, 0.5) is 0 Å². The quantitative estimate of drug-likeness (QED) is 0.894. The molecule has 3 nitrogen and oxygen atoms in total. The van der Waals surface area contributed by atoms with Crippen molar-refractivity contribution in [3.8, 4) is 0 Å². The van der Waals surface area contributed by atoms with Gasteiger partial charge in [0.25, 0.3) is 0 Å². The SMILES string of the molecule is CC(NC1=NCCN1)(c1ccccc1)c1ccccc1. The summed E-state index contributed by atoms with van der Waals surface area (Å²) in [4.78, 5) is 4.47. The van der Waals surface area contributed by atoms with Gasteiger partial charge in [-0.25, -0.2) is 0 Å². The second-order valence-electron chi connectivity index (χ2n) is 5.14. The fraction of sp³-hybridized carbons (Fsp3) is 0.235. The van der Waals surface area contributed by atoms with Crippen LogP contribution in [0.15, 0.2) is 65.7 Å². The van der Waals surface area contributed by atoms with Crippen LogP contribution in [0.5, 0.6) is 0 Å². The molecule has 0 bridgehead atoms. The highest BCUT2D eigenvalue weighted by molar-refractivity contribution is 5.82. The fourth-order valence-electron chi connectivity index (χ4n) is 2.57. The third kappa shape index (κ3) is 2.39. The number of hydrogen-bond donors (Lipinski definition) is 2. The minimum atomic E-state index is -0.293. The molecular formula is C17H19N3. The van der Waals surface area contributed by atoms with Gasteiger partial charge in [-0.15, -0.1) is 0 Å². The van der Waals surface area contributed by atoms with Gasteiger partial charge in [-0.2, -0.15) is 0 Å². The lowest BCUT2D eigenvalue weighted by Gasteiger charge is -2.33. The van der Waals surface area contributed by atoms with Crippen LogP contribution in [-0.2, 0) is 5.54 Å². The lowest BCUT2D eigenvalue weighted by Crippen LogP contribution is -2.48. The van der Waals surface area contributed by atoms with Crippen LogP contribution >= 0.6 is 0 Å². The van der Waals surface area contributed by atoms with Gasteiger partial charge in [0, 0.05) is 6.54 Å². The maximum atomic E-state index is 4.47. The topological polar surface area (TPSA) is 36.4 Å². The molecule has 2 N–H and O–H groups in total. The molecule has 0 fully saturated rings. The first kappa shape index (κ1) is 12.7. The molecular weight excluding hydrogens is 246 g/mol. The zero-order valence-electron chi connectivity index (χ0n) is 11.6. The van der Waals surface area contributed by atoms with Gasteiger partial charge >= 0.3 is 0 Å². The van der Waals surface area contributed by atoms with E-state index in [0.717, 1.165) is 19.0 Å². The molecule has 3 heteroatoms. The average molecular weight is 265 g/mol. The Balaban J connectivity index is 2.03. The van der Waals surface area contributed by atoms with Gasteiger partial charge in [0.15, 0.2) is 5.96 Å². The molecule has 0 unspecified atom stereocenters. The summed E-state index contributed by atoms with van der Waals surface area (Å²) >= 11 is 0. The average Bonchev–Trinajstić information content (AvgIpc) is 3.02. The summed E-state index contributed by atoms with van der Waals surface area (Å²) < 4.78 is 0. The normalized spacial score (nSPS) is 14.6. The van der Waals surface area contributed by atoms with Crippen molar-refractivity contribution in [3.05, 3.63) is 71.8 Å². The minimum absolute atomic E-state index is 0.293. The second-order valence-corrected chi connectivity index (χ2v) is 5.14. The third-order valence-electron chi connectivity index (χ3n) is 3.74. The second kappa shape index (κ2) is 5.37. The van der Waals surface area contributed by atoms with Crippen molar-refractivity contribution in [1.29, 1.82) is 0 Å². The summed E-state index contributed by atoms with van der Waals surface area (Å²) in [6.45, 7) is 3.93. The first-order chi connectivity index (χ1) is 9.79. The third-order valence-corrected chi connectivity index (χ3v) is 3.74. The molecule has 0 aromatic heterocycles. The number of nitrogens with one attached hydrogen (secondary N) is 2. The molecule has 0 saturated heterocycles. The van der Waals surface area contributed by atoms with Crippen LogP contribution in [0.25, 0.3) is 0 Å². The van der Waals surface area contributed by atoms with Crippen molar-refractivity contribution in [1.82, 2.24) is 10.6 Å². The zero-order valence-corrected chi connectivity index (χ0v) is 11.6. The highest BCUT2D eigenvalue weighted by atomic mass is 15.2. The van der Waals surface area contributed by atoms with Crippen LogP contribution in [0.1, 0.15) is 18.1 Å². The Morgan fingerprint density at radius 2 is 1.50 bits per heavy atom. The standard InChI is InChI=1S/C17H19N3/c1-17(14-8-4-2-5-9-14,15-10-6-3-7-11-15)20-16-18-12-13-19-16/h2-11H,12-13H2,1H3,(H2,18,19,20). The van der Waals surface area contributed by atoms with Crippen molar-refractivity contribution in [2.75, 3.05) is 13.1 Å². The van der Waals surface area contributed by atoms with Gasteiger partial charge in [-0.05, 0) is 18.1 Å². The number of aliphatic imine (C=N–C) groups is 1. The molecule has 0 saturated carbocycles. The van der Waals surface area contributed by atoms with E-state index in [1.807, 2.05) is 12.1 Å². The molecule has 1 aliphatic heterocycles. The lowest BCUT2D eigenvalue weighted by molar-refractivity contribution is 0.523. The van der Waals surface area contributed by atoms with E-state index in [0.29, 0.717) is 0 Å². The van der Waals surface area contributed by atoms with Crippen LogP contribution in [0.2, 0.25) is 0 Å². The van der Waals surface area contributed by atoms with Gasteiger partial charge in [-0.1, -0.05) is 60.7 Å². The molecule has 1 heterocycles. The monoisotopic (exact) mass is 265 g/mol. The highest BCUT2D eigenvalue weighted by Crippen LogP contribution is 2.29. The predicted molar refractivity (Wildman–Crippen MR) is 82.8 cm³/mol. The van der Waals surface area contributed by atoms with E-state index in [-0.39, 0.29) is 5.54 Å². The van der Waals surface area contributed by atoms with Gasteiger partial charge in [0.05, 0.1) is 12.1 Å². The van der Waals surface area contributed by atoms with E-state index < -0.39 is 0 Å². The molecule has 0 amide bonds. The van der Waals surface area contributed by atoms with E-state index >= 15 is 0 Å². The van der Waals surface area contributed by atoms with Crippen molar-refractivity contribution >= 4 is 5.96 Å². The molecule has 3 rings (SSSR count). The maximum absolute atomic E-state index is 4.47. The largest absolute Gasteiger partial charge is 0.355 e. The first-order valence-electron chi connectivity index (χ1n) is 6.96. The molecule has 0 radical (unpaired) electrons. The van der Waals surface area contributed by atoms with E-state index in [2.05, 4.69) is 71.1 Å². The summed E-state index contributed by atoms with van der Waals surface area (Å²) in [5.41, 5.74) is 2.16.